The first-order valence-corrected chi connectivity index (χ1v) is 4.14. The van der Waals surface area contributed by atoms with Crippen LogP contribution in [-0.2, 0) is 0 Å². The van der Waals surface area contributed by atoms with E-state index in [-0.39, 0.29) is 0 Å². The second-order valence-electron chi connectivity index (χ2n) is 2.79. The third-order valence-electron chi connectivity index (χ3n) is 1.35. The van der Waals surface area contributed by atoms with E-state index < -0.39 is 0 Å². The summed E-state index contributed by atoms with van der Waals surface area (Å²) in [6, 6.07) is 0. The molecule has 0 fully saturated rings. The topological polar surface area (TPSA) is 74.3 Å². The van der Waals surface area contributed by atoms with E-state index >= 15 is 0 Å². The Balaban J connectivity index is 3.48. The predicted octanol–water partition coefficient (Wildman–Crippen LogP) is 0.383. The van der Waals surface area contributed by atoms with Gasteiger partial charge in [0.2, 0.25) is 0 Å². The van der Waals surface area contributed by atoms with Gasteiger partial charge in [-0.25, -0.2) is 0 Å². The highest BCUT2D eigenvalue weighted by Crippen LogP contribution is 1.85. The number of nitrogens with zero attached hydrogens (tertiary/aromatic N) is 1. The molecule has 12 heavy (non-hydrogen) atoms. The van der Waals surface area contributed by atoms with Crippen molar-refractivity contribution in [2.75, 3.05) is 20.1 Å². The van der Waals surface area contributed by atoms with Crippen molar-refractivity contribution in [2.24, 2.45) is 10.7 Å². The summed E-state index contributed by atoms with van der Waals surface area (Å²) in [5, 5.41) is 10.2. The third-order valence-corrected chi connectivity index (χ3v) is 1.35. The minimum absolute atomic E-state index is 0.500. The average molecular weight is 170 g/mol. The standard InChI is InChI=1S/C8H18N4/c1-7(9)6-8(10)12-5-3-4-11-2/h9,11H,3-6H2,1-2H3,(H2,10,12). The summed E-state index contributed by atoms with van der Waals surface area (Å²) in [4.78, 5) is 4.12. The highest BCUT2D eigenvalue weighted by atomic mass is 14.9. The molecule has 4 N–H and O–H groups in total. The molecule has 0 heterocycles. The first-order chi connectivity index (χ1) is 5.66. The van der Waals surface area contributed by atoms with E-state index in [9.17, 15) is 0 Å². The summed E-state index contributed by atoms with van der Waals surface area (Å²) in [5.74, 6) is 0.568. The number of nitrogens with one attached hydrogen (secondary N) is 2. The monoisotopic (exact) mass is 170 g/mol. The van der Waals surface area contributed by atoms with Crippen LogP contribution in [0.15, 0.2) is 4.99 Å². The lowest BCUT2D eigenvalue weighted by molar-refractivity contribution is 0.733. The van der Waals surface area contributed by atoms with E-state index in [1.807, 2.05) is 7.05 Å². The smallest absolute Gasteiger partial charge is 0.0993 e. The predicted molar refractivity (Wildman–Crippen MR) is 53.1 cm³/mol. The first kappa shape index (κ1) is 11.1. The third kappa shape index (κ3) is 7.21. The normalized spacial score (nSPS) is 11.7. The fourth-order valence-corrected chi connectivity index (χ4v) is 0.806. The molecule has 70 valence electrons. The van der Waals surface area contributed by atoms with Crippen molar-refractivity contribution < 1.29 is 0 Å². The van der Waals surface area contributed by atoms with Gasteiger partial charge >= 0.3 is 0 Å². The molecule has 0 spiro atoms. The van der Waals surface area contributed by atoms with E-state index in [1.54, 1.807) is 6.92 Å². The van der Waals surface area contributed by atoms with E-state index in [4.69, 9.17) is 11.1 Å². The zero-order valence-electron chi connectivity index (χ0n) is 7.85. The second kappa shape index (κ2) is 6.79. The van der Waals surface area contributed by atoms with Gasteiger partial charge < -0.3 is 16.5 Å². The zero-order valence-corrected chi connectivity index (χ0v) is 7.85. The van der Waals surface area contributed by atoms with Crippen molar-refractivity contribution in [1.82, 2.24) is 5.32 Å². The highest BCUT2D eigenvalue weighted by molar-refractivity contribution is 6.00. The van der Waals surface area contributed by atoms with Gasteiger partial charge in [-0.1, -0.05) is 0 Å². The van der Waals surface area contributed by atoms with E-state index in [0.717, 1.165) is 19.5 Å². The molecule has 4 nitrogen and oxygen atoms in total. The van der Waals surface area contributed by atoms with Crippen LogP contribution in [-0.4, -0.2) is 31.7 Å². The van der Waals surface area contributed by atoms with Gasteiger partial charge in [0.25, 0.3) is 0 Å². The molecule has 0 rings (SSSR count). The molecular formula is C8H18N4. The minimum Gasteiger partial charge on any atom is -0.387 e. The summed E-state index contributed by atoms with van der Waals surface area (Å²) in [6.07, 6.45) is 1.49. The van der Waals surface area contributed by atoms with Crippen molar-refractivity contribution in [2.45, 2.75) is 19.8 Å². The maximum Gasteiger partial charge on any atom is 0.0993 e. The van der Waals surface area contributed by atoms with Crippen LogP contribution < -0.4 is 11.1 Å². The molecule has 0 bridgehead atoms. The van der Waals surface area contributed by atoms with Crippen molar-refractivity contribution in [3.8, 4) is 0 Å². The number of amidine groups is 1. The number of nitrogens with two attached hydrogens (primary N) is 1. The van der Waals surface area contributed by atoms with Gasteiger partial charge in [0.1, 0.15) is 0 Å². The van der Waals surface area contributed by atoms with Crippen molar-refractivity contribution in [3.63, 3.8) is 0 Å². The van der Waals surface area contributed by atoms with Crippen LogP contribution in [0.4, 0.5) is 0 Å². The quantitative estimate of drug-likeness (QED) is 0.306. The molecule has 0 aliphatic heterocycles. The Bertz CT molecular complexity index is 162. The van der Waals surface area contributed by atoms with E-state index in [1.165, 1.54) is 0 Å². The van der Waals surface area contributed by atoms with Gasteiger partial charge in [-0.05, 0) is 26.9 Å². The van der Waals surface area contributed by atoms with Crippen LogP contribution in [0.1, 0.15) is 19.8 Å². The fourth-order valence-electron chi connectivity index (χ4n) is 0.806. The first-order valence-electron chi connectivity index (χ1n) is 4.14. The number of hydrogen-bond donors (Lipinski definition) is 3. The van der Waals surface area contributed by atoms with Gasteiger partial charge in [0.15, 0.2) is 0 Å². The Labute approximate surface area is 73.8 Å². The van der Waals surface area contributed by atoms with Crippen LogP contribution >= 0.6 is 0 Å². The van der Waals surface area contributed by atoms with E-state index in [0.29, 0.717) is 18.0 Å². The van der Waals surface area contributed by atoms with Crippen LogP contribution in [0.3, 0.4) is 0 Å². The molecule has 0 saturated carbocycles. The Hall–Kier alpha value is -0.900. The Kier molecular flexibility index (Phi) is 6.28. The minimum atomic E-state index is 0.500. The molecule has 0 aromatic heterocycles. The SMILES string of the molecule is CNCCCN=C(N)CC(C)=N. The van der Waals surface area contributed by atoms with Crippen molar-refractivity contribution in [3.05, 3.63) is 0 Å². The zero-order chi connectivity index (χ0) is 9.40. The Morgan fingerprint density at radius 2 is 2.25 bits per heavy atom. The Morgan fingerprint density at radius 3 is 2.75 bits per heavy atom. The maximum atomic E-state index is 7.17. The molecule has 0 unspecified atom stereocenters. The molecule has 0 aromatic carbocycles. The lowest BCUT2D eigenvalue weighted by Crippen LogP contribution is -2.16. The van der Waals surface area contributed by atoms with Crippen LogP contribution in [0, 0.1) is 5.41 Å². The second-order valence-corrected chi connectivity index (χ2v) is 2.79. The highest BCUT2D eigenvalue weighted by Gasteiger charge is 1.93. The summed E-state index contributed by atoms with van der Waals surface area (Å²) >= 11 is 0. The van der Waals surface area contributed by atoms with Crippen molar-refractivity contribution >= 4 is 11.5 Å². The largest absolute Gasteiger partial charge is 0.387 e. The van der Waals surface area contributed by atoms with Gasteiger partial charge in [0, 0.05) is 18.7 Å². The Morgan fingerprint density at radius 1 is 1.58 bits per heavy atom. The van der Waals surface area contributed by atoms with Gasteiger partial charge in [0.05, 0.1) is 5.84 Å². The number of rotatable bonds is 6. The molecular weight excluding hydrogens is 152 g/mol. The number of hydrogen-bond acceptors (Lipinski definition) is 3. The summed E-state index contributed by atoms with van der Waals surface area (Å²) in [5.41, 5.74) is 6.11. The maximum absolute atomic E-state index is 7.17. The average Bonchev–Trinajstić information content (AvgIpc) is 1.97. The number of aliphatic imine (C=N–C) groups is 1. The van der Waals surface area contributed by atoms with Crippen molar-refractivity contribution in [1.29, 1.82) is 5.41 Å². The lowest BCUT2D eigenvalue weighted by Gasteiger charge is -1.99. The molecule has 0 aliphatic rings. The lowest BCUT2D eigenvalue weighted by atomic mass is 10.3. The molecule has 4 heteroatoms. The molecule has 0 atom stereocenters. The van der Waals surface area contributed by atoms with Gasteiger partial charge in [-0.2, -0.15) is 0 Å². The summed E-state index contributed by atoms with van der Waals surface area (Å²) in [7, 11) is 1.91. The fraction of sp³-hybridized carbons (Fsp3) is 0.750. The molecule has 0 aliphatic carbocycles. The van der Waals surface area contributed by atoms with Crippen LogP contribution in [0.5, 0.6) is 0 Å². The van der Waals surface area contributed by atoms with Crippen LogP contribution in [0.25, 0.3) is 0 Å². The molecule has 0 amide bonds. The molecule has 0 radical (unpaired) electrons. The van der Waals surface area contributed by atoms with Crippen LogP contribution in [0.2, 0.25) is 0 Å². The van der Waals surface area contributed by atoms with Gasteiger partial charge in [-0.3, -0.25) is 4.99 Å². The summed E-state index contributed by atoms with van der Waals surface area (Å²) in [6.45, 7) is 3.44. The molecule has 0 saturated heterocycles. The molecule has 0 aromatic rings. The van der Waals surface area contributed by atoms with Gasteiger partial charge in [-0.15, -0.1) is 0 Å². The summed E-state index contributed by atoms with van der Waals surface area (Å²) < 4.78 is 0. The van der Waals surface area contributed by atoms with E-state index in [2.05, 4.69) is 10.3 Å².